The summed E-state index contributed by atoms with van der Waals surface area (Å²) in [6, 6.07) is 7.85. The van der Waals surface area contributed by atoms with E-state index >= 15 is 0 Å². The second-order valence-corrected chi connectivity index (χ2v) is 4.50. The second kappa shape index (κ2) is 5.34. The molecule has 0 bridgehead atoms. The summed E-state index contributed by atoms with van der Waals surface area (Å²) in [4.78, 5) is 6.20. The normalized spacial score (nSPS) is 11.1. The maximum absolute atomic E-state index is 6.01. The van der Waals surface area contributed by atoms with Gasteiger partial charge in [0.25, 0.3) is 0 Å². The largest absolute Gasteiger partial charge is 0.465 e. The average Bonchev–Trinajstić information content (AvgIpc) is 2.67. The molecule has 0 N–H and O–H groups in total. The smallest absolute Gasteiger partial charge is 0.133 e. The summed E-state index contributed by atoms with van der Waals surface area (Å²) in [5.74, 6) is 1.90. The van der Waals surface area contributed by atoms with E-state index in [0.717, 1.165) is 30.2 Å². The minimum absolute atomic E-state index is 0.565. The zero-order chi connectivity index (χ0) is 12.3. The Morgan fingerprint density at radius 1 is 1.29 bits per heavy atom. The molecule has 0 saturated carbocycles. The van der Waals surface area contributed by atoms with Crippen LogP contribution in [0.15, 0.2) is 34.9 Å². The predicted octanol–water partition coefficient (Wildman–Crippen LogP) is 3.27. The van der Waals surface area contributed by atoms with Gasteiger partial charge in [0.15, 0.2) is 0 Å². The molecular weight excluding hydrogens is 236 g/mol. The Morgan fingerprint density at radius 2 is 2.12 bits per heavy atom. The predicted molar refractivity (Wildman–Crippen MR) is 67.9 cm³/mol. The van der Waals surface area contributed by atoms with Crippen molar-refractivity contribution < 1.29 is 4.42 Å². The number of furan rings is 1. The van der Waals surface area contributed by atoms with Crippen molar-refractivity contribution in [2.24, 2.45) is 0 Å². The van der Waals surface area contributed by atoms with Crippen LogP contribution in [0.4, 0.5) is 0 Å². The van der Waals surface area contributed by atoms with Crippen LogP contribution >= 0.6 is 11.6 Å². The van der Waals surface area contributed by atoms with E-state index < -0.39 is 0 Å². The summed E-state index contributed by atoms with van der Waals surface area (Å²) in [6.07, 6.45) is 1.70. The molecule has 0 fully saturated rings. The van der Waals surface area contributed by atoms with Gasteiger partial charge < -0.3 is 4.42 Å². The molecule has 0 radical (unpaired) electrons. The van der Waals surface area contributed by atoms with E-state index in [4.69, 9.17) is 16.0 Å². The van der Waals surface area contributed by atoms with Gasteiger partial charge in [-0.3, -0.25) is 4.90 Å². The maximum Gasteiger partial charge on any atom is 0.133 e. The van der Waals surface area contributed by atoms with E-state index in [1.165, 1.54) is 0 Å². The summed E-state index contributed by atoms with van der Waals surface area (Å²) in [5, 5.41) is 0.565. The summed E-state index contributed by atoms with van der Waals surface area (Å²) >= 11 is 6.01. The van der Waals surface area contributed by atoms with Crippen LogP contribution in [-0.4, -0.2) is 16.9 Å². The van der Waals surface area contributed by atoms with Crippen molar-refractivity contribution in [2.75, 3.05) is 7.05 Å². The van der Waals surface area contributed by atoms with Gasteiger partial charge in [-0.1, -0.05) is 17.7 Å². The first-order valence-corrected chi connectivity index (χ1v) is 5.86. The average molecular weight is 251 g/mol. The molecule has 0 saturated heterocycles. The molecule has 0 spiro atoms. The number of aryl methyl sites for hydroxylation is 1. The standard InChI is InChI=1S/C13H15ClN2O/c1-10-5-6-12(17-10)9-16(2)8-11-4-3-7-15-13(11)14/h3-7H,8-9H2,1-2H3. The lowest BCUT2D eigenvalue weighted by Gasteiger charge is -2.15. The maximum atomic E-state index is 6.01. The Kier molecular flexibility index (Phi) is 3.82. The highest BCUT2D eigenvalue weighted by atomic mass is 35.5. The van der Waals surface area contributed by atoms with Crippen LogP contribution in [0.25, 0.3) is 0 Å². The summed E-state index contributed by atoms with van der Waals surface area (Å²) in [7, 11) is 2.03. The van der Waals surface area contributed by atoms with Gasteiger partial charge in [-0.05, 0) is 32.2 Å². The second-order valence-electron chi connectivity index (χ2n) is 4.14. The fourth-order valence-electron chi connectivity index (χ4n) is 1.72. The fraction of sp³-hybridized carbons (Fsp3) is 0.308. The van der Waals surface area contributed by atoms with Gasteiger partial charge in [-0.15, -0.1) is 0 Å². The third-order valence-corrected chi connectivity index (χ3v) is 2.84. The summed E-state index contributed by atoms with van der Waals surface area (Å²) in [6.45, 7) is 3.47. The van der Waals surface area contributed by atoms with Crippen LogP contribution in [0.2, 0.25) is 5.15 Å². The van der Waals surface area contributed by atoms with Crippen molar-refractivity contribution in [3.8, 4) is 0 Å². The first kappa shape index (κ1) is 12.1. The van der Waals surface area contributed by atoms with Crippen molar-refractivity contribution >= 4 is 11.6 Å². The number of hydrogen-bond acceptors (Lipinski definition) is 3. The van der Waals surface area contributed by atoms with Crippen LogP contribution in [0.5, 0.6) is 0 Å². The Labute approximate surface area is 106 Å². The van der Waals surface area contributed by atoms with Crippen molar-refractivity contribution in [3.05, 3.63) is 52.7 Å². The molecule has 2 aromatic rings. The SMILES string of the molecule is Cc1ccc(CN(C)Cc2cccnc2Cl)o1. The molecule has 0 aliphatic rings. The molecule has 90 valence electrons. The van der Waals surface area contributed by atoms with Crippen molar-refractivity contribution in [3.63, 3.8) is 0 Å². The Morgan fingerprint density at radius 3 is 2.76 bits per heavy atom. The molecule has 0 amide bonds. The third kappa shape index (κ3) is 3.32. The highest BCUT2D eigenvalue weighted by Gasteiger charge is 2.07. The van der Waals surface area contributed by atoms with Crippen LogP contribution in [0.1, 0.15) is 17.1 Å². The Bertz CT molecular complexity index is 496. The fourth-order valence-corrected chi connectivity index (χ4v) is 1.90. The van der Waals surface area contributed by atoms with E-state index in [9.17, 15) is 0 Å². The highest BCUT2D eigenvalue weighted by Crippen LogP contribution is 2.15. The van der Waals surface area contributed by atoms with Gasteiger partial charge in [-0.2, -0.15) is 0 Å². The van der Waals surface area contributed by atoms with Gasteiger partial charge in [0.2, 0.25) is 0 Å². The van der Waals surface area contributed by atoms with Crippen LogP contribution in [-0.2, 0) is 13.1 Å². The molecule has 2 aromatic heterocycles. The molecule has 0 aromatic carbocycles. The zero-order valence-corrected chi connectivity index (χ0v) is 10.7. The summed E-state index contributed by atoms with van der Waals surface area (Å²) < 4.78 is 5.53. The minimum Gasteiger partial charge on any atom is -0.465 e. The highest BCUT2D eigenvalue weighted by molar-refractivity contribution is 6.30. The van der Waals surface area contributed by atoms with Gasteiger partial charge >= 0.3 is 0 Å². The van der Waals surface area contributed by atoms with Gasteiger partial charge in [0, 0.05) is 18.3 Å². The molecule has 2 heterocycles. The Hall–Kier alpha value is -1.32. The number of nitrogens with zero attached hydrogens (tertiary/aromatic N) is 2. The number of halogens is 1. The van der Waals surface area contributed by atoms with E-state index in [0.29, 0.717) is 5.15 Å². The zero-order valence-electron chi connectivity index (χ0n) is 9.98. The molecule has 2 rings (SSSR count). The van der Waals surface area contributed by atoms with Gasteiger partial charge in [-0.25, -0.2) is 4.98 Å². The van der Waals surface area contributed by atoms with Crippen molar-refractivity contribution in [2.45, 2.75) is 20.0 Å². The molecule has 0 aliphatic carbocycles. The Balaban J connectivity index is 1.98. The quantitative estimate of drug-likeness (QED) is 0.780. The first-order valence-electron chi connectivity index (χ1n) is 5.48. The number of aromatic nitrogens is 1. The van der Waals surface area contributed by atoms with Crippen LogP contribution in [0, 0.1) is 6.92 Å². The van der Waals surface area contributed by atoms with Crippen LogP contribution < -0.4 is 0 Å². The lowest BCUT2D eigenvalue weighted by Crippen LogP contribution is -2.17. The number of hydrogen-bond donors (Lipinski definition) is 0. The van der Waals surface area contributed by atoms with E-state index in [1.807, 2.05) is 38.2 Å². The van der Waals surface area contributed by atoms with Crippen molar-refractivity contribution in [1.29, 1.82) is 0 Å². The van der Waals surface area contributed by atoms with Gasteiger partial charge in [0.05, 0.1) is 6.54 Å². The number of pyridine rings is 1. The first-order chi connectivity index (χ1) is 8.15. The lowest BCUT2D eigenvalue weighted by molar-refractivity contribution is 0.285. The van der Waals surface area contributed by atoms with Crippen molar-refractivity contribution in [1.82, 2.24) is 9.88 Å². The topological polar surface area (TPSA) is 29.3 Å². The van der Waals surface area contributed by atoms with E-state index in [2.05, 4.69) is 9.88 Å². The minimum atomic E-state index is 0.565. The molecular formula is C13H15ClN2O. The number of rotatable bonds is 4. The molecule has 0 aliphatic heterocycles. The molecule has 3 nitrogen and oxygen atoms in total. The van der Waals surface area contributed by atoms with E-state index in [1.54, 1.807) is 6.20 Å². The molecule has 17 heavy (non-hydrogen) atoms. The van der Waals surface area contributed by atoms with Crippen LogP contribution in [0.3, 0.4) is 0 Å². The molecule has 0 unspecified atom stereocenters. The lowest BCUT2D eigenvalue weighted by atomic mass is 10.2. The third-order valence-electron chi connectivity index (χ3n) is 2.50. The molecule has 0 atom stereocenters. The van der Waals surface area contributed by atoms with E-state index in [-0.39, 0.29) is 0 Å². The summed E-state index contributed by atoms with van der Waals surface area (Å²) in [5.41, 5.74) is 1.03. The molecule has 4 heteroatoms. The van der Waals surface area contributed by atoms with Gasteiger partial charge in [0.1, 0.15) is 16.7 Å². The monoisotopic (exact) mass is 250 g/mol.